The predicted octanol–water partition coefficient (Wildman–Crippen LogP) is 5.48. The van der Waals surface area contributed by atoms with Crippen molar-refractivity contribution in [3.8, 4) is 5.69 Å². The molecule has 3 aromatic rings. The first kappa shape index (κ1) is 22.4. The van der Waals surface area contributed by atoms with Crippen LogP contribution in [0.1, 0.15) is 17.0 Å². The van der Waals surface area contributed by atoms with Crippen molar-refractivity contribution in [2.24, 2.45) is 0 Å². The van der Waals surface area contributed by atoms with E-state index in [1.165, 1.54) is 23.1 Å². The van der Waals surface area contributed by atoms with Gasteiger partial charge in [0.2, 0.25) is 0 Å². The number of carbonyl (C=O) groups is 2. The molecule has 1 aliphatic heterocycles. The highest BCUT2D eigenvalue weighted by Crippen LogP contribution is 2.28. The molecular weight excluding hydrogens is 517 g/mol. The SMILES string of the molecule is Cc1cc(/C=C2\C(=O)NC(=S)N(c3ccc(Br)cc3)C2=O)c(C)n1-c1ccc(F)c(Cl)c1. The van der Waals surface area contributed by atoms with Crippen molar-refractivity contribution in [3.05, 3.63) is 86.4 Å². The van der Waals surface area contributed by atoms with Gasteiger partial charge in [-0.3, -0.25) is 19.8 Å². The highest BCUT2D eigenvalue weighted by atomic mass is 79.9. The van der Waals surface area contributed by atoms with Crippen LogP contribution >= 0.6 is 39.7 Å². The number of carbonyl (C=O) groups excluding carboxylic acids is 2. The molecule has 1 aromatic heterocycles. The molecule has 1 fully saturated rings. The summed E-state index contributed by atoms with van der Waals surface area (Å²) in [5, 5.41) is 2.61. The molecule has 0 atom stereocenters. The average Bonchev–Trinajstić information content (AvgIpc) is 3.01. The minimum atomic E-state index is -0.567. The monoisotopic (exact) mass is 531 g/mol. The van der Waals surface area contributed by atoms with Crippen molar-refractivity contribution in [1.29, 1.82) is 0 Å². The summed E-state index contributed by atoms with van der Waals surface area (Å²) in [7, 11) is 0. The van der Waals surface area contributed by atoms with E-state index in [1.54, 1.807) is 30.3 Å². The molecule has 2 aromatic carbocycles. The Bertz CT molecular complexity index is 1320. The van der Waals surface area contributed by atoms with Gasteiger partial charge < -0.3 is 4.57 Å². The number of rotatable bonds is 3. The first-order valence-electron chi connectivity index (χ1n) is 9.49. The van der Waals surface area contributed by atoms with E-state index >= 15 is 0 Å². The van der Waals surface area contributed by atoms with Crippen LogP contribution in [0.5, 0.6) is 0 Å². The standard InChI is InChI=1S/C23H16BrClFN3O2S/c1-12-9-14(13(2)28(12)17-7-8-20(26)19(25)11-17)10-18-21(30)27-23(32)29(22(18)31)16-5-3-15(24)4-6-16/h3-11H,1-2H3,(H,27,30,32)/b18-10+. The van der Waals surface area contributed by atoms with Crippen molar-refractivity contribution in [1.82, 2.24) is 9.88 Å². The Morgan fingerprint density at radius 3 is 2.38 bits per heavy atom. The van der Waals surface area contributed by atoms with E-state index in [9.17, 15) is 14.0 Å². The number of benzene rings is 2. The minimum Gasteiger partial charge on any atom is -0.318 e. The van der Waals surface area contributed by atoms with Crippen molar-refractivity contribution < 1.29 is 14.0 Å². The lowest BCUT2D eigenvalue weighted by molar-refractivity contribution is -0.122. The summed E-state index contributed by atoms with van der Waals surface area (Å²) < 4.78 is 16.3. The van der Waals surface area contributed by atoms with Gasteiger partial charge in [-0.25, -0.2) is 4.39 Å². The molecule has 5 nitrogen and oxygen atoms in total. The zero-order valence-electron chi connectivity index (χ0n) is 16.9. The van der Waals surface area contributed by atoms with E-state index in [4.69, 9.17) is 23.8 Å². The molecule has 32 heavy (non-hydrogen) atoms. The highest BCUT2D eigenvalue weighted by Gasteiger charge is 2.34. The van der Waals surface area contributed by atoms with E-state index in [0.29, 0.717) is 16.9 Å². The summed E-state index contributed by atoms with van der Waals surface area (Å²) in [6.07, 6.45) is 1.54. The van der Waals surface area contributed by atoms with E-state index in [1.807, 2.05) is 24.5 Å². The van der Waals surface area contributed by atoms with Gasteiger partial charge in [-0.15, -0.1) is 0 Å². The normalized spacial score (nSPS) is 15.5. The van der Waals surface area contributed by atoms with Gasteiger partial charge in [0.05, 0.1) is 10.7 Å². The van der Waals surface area contributed by atoms with Crippen LogP contribution in [0.3, 0.4) is 0 Å². The molecular formula is C23H16BrClFN3O2S. The topological polar surface area (TPSA) is 54.3 Å². The fourth-order valence-corrected chi connectivity index (χ4v) is 4.31. The number of nitrogens with zero attached hydrogens (tertiary/aromatic N) is 2. The number of hydrogen-bond acceptors (Lipinski definition) is 3. The Morgan fingerprint density at radius 2 is 1.72 bits per heavy atom. The highest BCUT2D eigenvalue weighted by molar-refractivity contribution is 9.10. The number of thiocarbonyl (C=S) groups is 1. The van der Waals surface area contributed by atoms with E-state index in [0.717, 1.165) is 15.9 Å². The van der Waals surface area contributed by atoms with Gasteiger partial charge in [-0.2, -0.15) is 0 Å². The van der Waals surface area contributed by atoms with E-state index in [2.05, 4.69) is 21.2 Å². The van der Waals surface area contributed by atoms with Crippen LogP contribution in [0, 0.1) is 19.7 Å². The number of aromatic nitrogens is 1. The number of aryl methyl sites for hydroxylation is 1. The summed E-state index contributed by atoms with van der Waals surface area (Å²) in [6.45, 7) is 3.72. The Balaban J connectivity index is 1.76. The van der Waals surface area contributed by atoms with Gasteiger partial charge in [0.1, 0.15) is 11.4 Å². The summed E-state index contributed by atoms with van der Waals surface area (Å²) >= 11 is 14.5. The van der Waals surface area contributed by atoms with Crippen LogP contribution in [0.15, 0.2) is 58.6 Å². The molecule has 1 N–H and O–H groups in total. The zero-order chi connectivity index (χ0) is 23.2. The molecule has 1 aliphatic rings. The van der Waals surface area contributed by atoms with Crippen LogP contribution in [-0.4, -0.2) is 21.5 Å². The van der Waals surface area contributed by atoms with Crippen LogP contribution in [0.4, 0.5) is 10.1 Å². The van der Waals surface area contributed by atoms with Crippen LogP contribution < -0.4 is 10.2 Å². The van der Waals surface area contributed by atoms with Gasteiger partial charge in [-0.1, -0.05) is 27.5 Å². The third-order valence-corrected chi connectivity index (χ3v) is 6.22. The fourth-order valence-electron chi connectivity index (χ4n) is 3.59. The van der Waals surface area contributed by atoms with Crippen molar-refractivity contribution in [2.75, 3.05) is 4.90 Å². The van der Waals surface area contributed by atoms with Gasteiger partial charge in [0, 0.05) is 21.5 Å². The number of nitrogens with one attached hydrogen (secondary N) is 1. The van der Waals surface area contributed by atoms with Crippen LogP contribution in [0.25, 0.3) is 11.8 Å². The number of halogens is 3. The summed E-state index contributed by atoms with van der Waals surface area (Å²) in [4.78, 5) is 27.1. The summed E-state index contributed by atoms with van der Waals surface area (Å²) in [5.41, 5.74) is 3.44. The largest absolute Gasteiger partial charge is 0.318 e. The maximum Gasteiger partial charge on any atom is 0.270 e. The summed E-state index contributed by atoms with van der Waals surface area (Å²) in [6, 6.07) is 13.3. The third-order valence-electron chi connectivity index (χ3n) is 5.12. The Kier molecular flexibility index (Phi) is 6.03. The lowest BCUT2D eigenvalue weighted by atomic mass is 10.1. The maximum absolute atomic E-state index is 13.6. The molecule has 0 radical (unpaired) electrons. The van der Waals surface area contributed by atoms with Crippen LogP contribution in [-0.2, 0) is 9.59 Å². The fraction of sp³-hybridized carbons (Fsp3) is 0.0870. The van der Waals surface area contributed by atoms with Crippen LogP contribution in [0.2, 0.25) is 5.02 Å². The Morgan fingerprint density at radius 1 is 1.06 bits per heavy atom. The van der Waals surface area contributed by atoms with Crippen molar-refractivity contribution in [3.63, 3.8) is 0 Å². The lowest BCUT2D eigenvalue weighted by Gasteiger charge is -2.29. The molecule has 0 saturated carbocycles. The second kappa shape index (κ2) is 8.61. The first-order valence-corrected chi connectivity index (χ1v) is 11.1. The Labute approximate surface area is 202 Å². The van der Waals surface area contributed by atoms with Crippen molar-refractivity contribution in [2.45, 2.75) is 13.8 Å². The Hall–Kier alpha value is -2.81. The predicted molar refractivity (Wildman–Crippen MR) is 131 cm³/mol. The number of hydrogen-bond donors (Lipinski definition) is 1. The molecule has 9 heteroatoms. The zero-order valence-corrected chi connectivity index (χ0v) is 20.1. The quantitative estimate of drug-likeness (QED) is 0.276. The van der Waals surface area contributed by atoms with Gasteiger partial charge >= 0.3 is 0 Å². The number of amides is 2. The molecule has 1 saturated heterocycles. The molecule has 2 heterocycles. The summed E-state index contributed by atoms with van der Waals surface area (Å²) in [5.74, 6) is -1.59. The molecule has 162 valence electrons. The molecule has 0 bridgehead atoms. The van der Waals surface area contributed by atoms with Gasteiger partial charge in [0.15, 0.2) is 5.11 Å². The second-order valence-electron chi connectivity index (χ2n) is 7.19. The number of anilines is 1. The third kappa shape index (κ3) is 4.01. The average molecular weight is 533 g/mol. The molecule has 0 spiro atoms. The van der Waals surface area contributed by atoms with Crippen molar-refractivity contribution >= 4 is 68.4 Å². The minimum absolute atomic E-state index is 0.00962. The first-order chi connectivity index (χ1) is 15.2. The molecule has 0 unspecified atom stereocenters. The molecule has 2 amide bonds. The van der Waals surface area contributed by atoms with Gasteiger partial charge in [-0.05, 0) is 86.2 Å². The van der Waals surface area contributed by atoms with E-state index in [-0.39, 0.29) is 15.7 Å². The maximum atomic E-state index is 13.6. The second-order valence-corrected chi connectivity index (χ2v) is 8.90. The van der Waals surface area contributed by atoms with Gasteiger partial charge in [0.25, 0.3) is 11.8 Å². The van der Waals surface area contributed by atoms with E-state index < -0.39 is 17.6 Å². The lowest BCUT2D eigenvalue weighted by Crippen LogP contribution is -2.54. The molecule has 0 aliphatic carbocycles. The smallest absolute Gasteiger partial charge is 0.270 e. The molecule has 4 rings (SSSR count).